The number of hydrogen-bond acceptors (Lipinski definition) is 4. The van der Waals surface area contributed by atoms with Gasteiger partial charge in [0.2, 0.25) is 0 Å². The Bertz CT molecular complexity index is 743. The quantitative estimate of drug-likeness (QED) is 0.716. The van der Waals surface area contributed by atoms with Crippen LogP contribution in [0, 0.1) is 5.92 Å². The Hall–Kier alpha value is -2.69. The maximum Gasteiger partial charge on any atom is 0.254 e. The molecule has 0 aromatic heterocycles. The standard InChI is InChI=1S/C21H27NO4/c1-15(2)14-26-18-10-6-8-16(12-18)21(23)22(3)13-17-9-7-11-19(24-4)20(17)25-5/h6-12,15H,13-14H2,1-5H3. The Morgan fingerprint density at radius 1 is 1.08 bits per heavy atom. The van der Waals surface area contributed by atoms with Crippen LogP contribution in [0.1, 0.15) is 29.8 Å². The average Bonchev–Trinajstić information content (AvgIpc) is 2.65. The van der Waals surface area contributed by atoms with Gasteiger partial charge in [0, 0.05) is 24.7 Å². The Balaban J connectivity index is 2.14. The normalized spacial score (nSPS) is 10.5. The van der Waals surface area contributed by atoms with Crippen LogP contribution >= 0.6 is 0 Å². The molecule has 0 saturated heterocycles. The van der Waals surface area contributed by atoms with E-state index in [0.29, 0.717) is 41.9 Å². The number of carbonyl (C=O) groups excluding carboxylic acids is 1. The van der Waals surface area contributed by atoms with Crippen molar-refractivity contribution in [2.75, 3.05) is 27.9 Å². The second kappa shape index (κ2) is 9.13. The Morgan fingerprint density at radius 3 is 2.46 bits per heavy atom. The molecule has 0 fully saturated rings. The van der Waals surface area contributed by atoms with Crippen molar-refractivity contribution in [3.63, 3.8) is 0 Å². The van der Waals surface area contributed by atoms with Crippen molar-refractivity contribution >= 4 is 5.91 Å². The van der Waals surface area contributed by atoms with E-state index in [0.717, 1.165) is 5.56 Å². The van der Waals surface area contributed by atoms with Gasteiger partial charge in [-0.25, -0.2) is 0 Å². The topological polar surface area (TPSA) is 48.0 Å². The van der Waals surface area contributed by atoms with Crippen LogP contribution in [-0.4, -0.2) is 38.7 Å². The van der Waals surface area contributed by atoms with Gasteiger partial charge >= 0.3 is 0 Å². The van der Waals surface area contributed by atoms with E-state index in [1.807, 2.05) is 30.3 Å². The first-order chi connectivity index (χ1) is 12.5. The molecular weight excluding hydrogens is 330 g/mol. The molecule has 0 bridgehead atoms. The molecule has 0 saturated carbocycles. The highest BCUT2D eigenvalue weighted by molar-refractivity contribution is 5.94. The number of benzene rings is 2. The highest BCUT2D eigenvalue weighted by Crippen LogP contribution is 2.31. The summed E-state index contributed by atoms with van der Waals surface area (Å²) < 4.78 is 16.5. The van der Waals surface area contributed by atoms with E-state index < -0.39 is 0 Å². The van der Waals surface area contributed by atoms with E-state index in [4.69, 9.17) is 14.2 Å². The summed E-state index contributed by atoms with van der Waals surface area (Å²) in [6.45, 7) is 5.21. The van der Waals surface area contributed by atoms with Gasteiger partial charge in [-0.15, -0.1) is 0 Å². The molecule has 0 spiro atoms. The van der Waals surface area contributed by atoms with Crippen molar-refractivity contribution in [3.05, 3.63) is 53.6 Å². The van der Waals surface area contributed by atoms with Crippen molar-refractivity contribution in [2.24, 2.45) is 5.92 Å². The number of nitrogens with zero attached hydrogens (tertiary/aromatic N) is 1. The summed E-state index contributed by atoms with van der Waals surface area (Å²) in [7, 11) is 4.96. The third-order valence-electron chi connectivity index (χ3n) is 3.90. The van der Waals surface area contributed by atoms with Crippen molar-refractivity contribution in [2.45, 2.75) is 20.4 Å². The third kappa shape index (κ3) is 4.91. The zero-order chi connectivity index (χ0) is 19.1. The smallest absolute Gasteiger partial charge is 0.254 e. The van der Waals surface area contributed by atoms with Crippen molar-refractivity contribution in [3.8, 4) is 17.2 Å². The fourth-order valence-electron chi connectivity index (χ4n) is 2.61. The summed E-state index contributed by atoms with van der Waals surface area (Å²) in [6, 6.07) is 12.9. The first kappa shape index (κ1) is 19.6. The van der Waals surface area contributed by atoms with Crippen molar-refractivity contribution in [1.29, 1.82) is 0 Å². The van der Waals surface area contributed by atoms with Crippen LogP contribution in [0.4, 0.5) is 0 Å². The van der Waals surface area contributed by atoms with Crippen LogP contribution in [0.25, 0.3) is 0 Å². The second-order valence-electron chi connectivity index (χ2n) is 6.55. The van der Waals surface area contributed by atoms with Crippen LogP contribution in [0.3, 0.4) is 0 Å². The Kier molecular flexibility index (Phi) is 6.89. The van der Waals surface area contributed by atoms with Crippen LogP contribution in [0.15, 0.2) is 42.5 Å². The van der Waals surface area contributed by atoms with E-state index >= 15 is 0 Å². The summed E-state index contributed by atoms with van der Waals surface area (Å²) in [4.78, 5) is 14.4. The fourth-order valence-corrected chi connectivity index (χ4v) is 2.61. The lowest BCUT2D eigenvalue weighted by Gasteiger charge is -2.20. The lowest BCUT2D eigenvalue weighted by molar-refractivity contribution is 0.0783. The molecule has 0 unspecified atom stereocenters. The molecule has 0 aliphatic heterocycles. The van der Waals surface area contributed by atoms with Crippen LogP contribution in [0.2, 0.25) is 0 Å². The highest BCUT2D eigenvalue weighted by Gasteiger charge is 2.16. The highest BCUT2D eigenvalue weighted by atomic mass is 16.5. The SMILES string of the molecule is COc1cccc(CN(C)C(=O)c2cccc(OCC(C)C)c2)c1OC. The zero-order valence-corrected chi connectivity index (χ0v) is 16.1. The number of carbonyl (C=O) groups is 1. The first-order valence-electron chi connectivity index (χ1n) is 8.64. The molecule has 0 aliphatic rings. The van der Waals surface area contributed by atoms with Gasteiger partial charge in [0.05, 0.1) is 20.8 Å². The second-order valence-corrected chi connectivity index (χ2v) is 6.55. The number of rotatable bonds is 8. The third-order valence-corrected chi connectivity index (χ3v) is 3.90. The van der Waals surface area contributed by atoms with Crippen molar-refractivity contribution in [1.82, 2.24) is 4.90 Å². The van der Waals surface area contributed by atoms with Gasteiger partial charge in [0.1, 0.15) is 5.75 Å². The fraction of sp³-hybridized carbons (Fsp3) is 0.381. The number of hydrogen-bond donors (Lipinski definition) is 0. The van der Waals surface area contributed by atoms with Crippen LogP contribution in [0.5, 0.6) is 17.2 Å². The minimum Gasteiger partial charge on any atom is -0.493 e. The average molecular weight is 357 g/mol. The van der Waals surface area contributed by atoms with Gasteiger partial charge in [-0.2, -0.15) is 0 Å². The molecule has 0 N–H and O–H groups in total. The number of methoxy groups -OCH3 is 2. The van der Waals surface area contributed by atoms with Crippen molar-refractivity contribution < 1.29 is 19.0 Å². The molecular formula is C21H27NO4. The van der Waals surface area contributed by atoms with E-state index in [1.165, 1.54) is 0 Å². The summed E-state index contributed by atoms with van der Waals surface area (Å²) in [5.41, 5.74) is 1.48. The largest absolute Gasteiger partial charge is 0.493 e. The maximum atomic E-state index is 12.8. The summed E-state index contributed by atoms with van der Waals surface area (Å²) in [5, 5.41) is 0. The van der Waals surface area contributed by atoms with E-state index in [9.17, 15) is 4.79 Å². The van der Waals surface area contributed by atoms with Gasteiger partial charge in [-0.05, 0) is 30.2 Å². The molecule has 5 nitrogen and oxygen atoms in total. The maximum absolute atomic E-state index is 12.8. The molecule has 0 atom stereocenters. The van der Waals surface area contributed by atoms with Gasteiger partial charge < -0.3 is 19.1 Å². The molecule has 1 amide bonds. The van der Waals surface area contributed by atoms with Gasteiger partial charge in [-0.1, -0.05) is 32.0 Å². The first-order valence-corrected chi connectivity index (χ1v) is 8.64. The van der Waals surface area contributed by atoms with Crippen LogP contribution in [-0.2, 0) is 6.54 Å². The summed E-state index contributed by atoms with van der Waals surface area (Å²) in [5.74, 6) is 2.35. The molecule has 2 rings (SSSR count). The predicted molar refractivity (Wildman–Crippen MR) is 102 cm³/mol. The zero-order valence-electron chi connectivity index (χ0n) is 16.1. The molecule has 26 heavy (non-hydrogen) atoms. The number of ether oxygens (including phenoxy) is 3. The molecule has 5 heteroatoms. The Morgan fingerprint density at radius 2 is 1.81 bits per heavy atom. The summed E-state index contributed by atoms with van der Waals surface area (Å²) >= 11 is 0. The number of para-hydroxylation sites is 1. The molecule has 0 radical (unpaired) electrons. The van der Waals surface area contributed by atoms with E-state index in [2.05, 4.69) is 13.8 Å². The predicted octanol–water partition coefficient (Wildman–Crippen LogP) is 4.01. The summed E-state index contributed by atoms with van der Waals surface area (Å²) in [6.07, 6.45) is 0. The molecule has 2 aromatic carbocycles. The van der Waals surface area contributed by atoms with Gasteiger partial charge in [0.15, 0.2) is 11.5 Å². The monoisotopic (exact) mass is 357 g/mol. The lowest BCUT2D eigenvalue weighted by atomic mass is 10.1. The molecule has 140 valence electrons. The minimum absolute atomic E-state index is 0.0788. The minimum atomic E-state index is -0.0788. The number of amides is 1. The molecule has 0 heterocycles. The van der Waals surface area contributed by atoms with Gasteiger partial charge in [-0.3, -0.25) is 4.79 Å². The lowest BCUT2D eigenvalue weighted by Crippen LogP contribution is -2.26. The van der Waals surface area contributed by atoms with Gasteiger partial charge in [0.25, 0.3) is 5.91 Å². The van der Waals surface area contributed by atoms with Crippen LogP contribution < -0.4 is 14.2 Å². The van der Waals surface area contributed by atoms with E-state index in [-0.39, 0.29) is 5.91 Å². The Labute approximate surface area is 155 Å². The molecule has 2 aromatic rings. The van der Waals surface area contributed by atoms with E-state index in [1.54, 1.807) is 38.3 Å². The molecule has 0 aliphatic carbocycles.